The molecule has 1 aliphatic rings. The van der Waals surface area contributed by atoms with Crippen LogP contribution in [0.2, 0.25) is 0 Å². The molecule has 0 saturated carbocycles. The van der Waals surface area contributed by atoms with Crippen molar-refractivity contribution in [2.45, 2.75) is 18.6 Å². The summed E-state index contributed by atoms with van der Waals surface area (Å²) < 4.78 is 13.3. The molecule has 1 saturated heterocycles. The van der Waals surface area contributed by atoms with Crippen LogP contribution < -0.4 is 4.90 Å². The van der Waals surface area contributed by atoms with E-state index in [1.807, 2.05) is 0 Å². The Balaban J connectivity index is 1.79. The number of hydrogen-bond donors (Lipinski definition) is 1. The molecule has 5 nitrogen and oxygen atoms in total. The Labute approximate surface area is 130 Å². The average molecular weight is 319 g/mol. The summed E-state index contributed by atoms with van der Waals surface area (Å²) in [5.41, 5.74) is 1.31. The third kappa shape index (κ3) is 3.04. The number of aromatic amines is 1. The number of amides is 1. The van der Waals surface area contributed by atoms with E-state index in [9.17, 15) is 14.0 Å². The van der Waals surface area contributed by atoms with Crippen LogP contribution in [0.3, 0.4) is 0 Å². The van der Waals surface area contributed by atoms with Gasteiger partial charge in [0.05, 0.1) is 5.69 Å². The molecule has 0 bridgehead atoms. The van der Waals surface area contributed by atoms with E-state index in [4.69, 9.17) is 0 Å². The first-order chi connectivity index (χ1) is 10.5. The van der Waals surface area contributed by atoms with Gasteiger partial charge in [-0.25, -0.2) is 4.39 Å². The molecule has 22 heavy (non-hydrogen) atoms. The van der Waals surface area contributed by atoms with Gasteiger partial charge in [-0.1, -0.05) is 23.9 Å². The van der Waals surface area contributed by atoms with Crippen LogP contribution in [0.4, 0.5) is 10.2 Å². The molecule has 0 aliphatic carbocycles. The molecule has 0 radical (unpaired) electrons. The third-order valence-corrected chi connectivity index (χ3v) is 4.38. The number of rotatable bonds is 3. The number of anilines is 1. The van der Waals surface area contributed by atoms with Crippen molar-refractivity contribution in [3.8, 4) is 11.3 Å². The SMILES string of the molecule is CC(=O)SC1CC(=O)N(c2cc(-c3cccc(F)c3)[nH]n2)C1. The lowest BCUT2D eigenvalue weighted by atomic mass is 10.1. The lowest BCUT2D eigenvalue weighted by Crippen LogP contribution is -2.25. The Bertz CT molecular complexity index is 731. The fraction of sp³-hybridized carbons (Fsp3) is 0.267. The van der Waals surface area contributed by atoms with Crippen molar-refractivity contribution < 1.29 is 14.0 Å². The normalized spacial score (nSPS) is 18.0. The molecule has 1 aromatic carbocycles. The lowest BCUT2D eigenvalue weighted by Gasteiger charge is -2.12. The van der Waals surface area contributed by atoms with E-state index in [1.165, 1.54) is 30.8 Å². The molecular weight excluding hydrogens is 305 g/mol. The number of H-pyrrole nitrogens is 1. The van der Waals surface area contributed by atoms with E-state index in [0.29, 0.717) is 30.0 Å². The van der Waals surface area contributed by atoms with Crippen LogP contribution in [0, 0.1) is 5.82 Å². The number of benzene rings is 1. The maximum Gasteiger partial charge on any atom is 0.229 e. The molecule has 3 rings (SSSR count). The average Bonchev–Trinajstić information content (AvgIpc) is 3.05. The Kier molecular flexibility index (Phi) is 3.98. The standard InChI is InChI=1S/C15H14FN3O2S/c1-9(20)22-12-6-15(21)19(8-12)14-7-13(17-18-14)10-3-2-4-11(16)5-10/h2-5,7,12H,6,8H2,1H3,(H,17,18). The number of hydrogen-bond acceptors (Lipinski definition) is 4. The smallest absolute Gasteiger partial charge is 0.229 e. The molecular formula is C15H14FN3O2S. The summed E-state index contributed by atoms with van der Waals surface area (Å²) in [5, 5.41) is 6.91. The van der Waals surface area contributed by atoms with Gasteiger partial charge >= 0.3 is 0 Å². The van der Waals surface area contributed by atoms with Gasteiger partial charge < -0.3 is 0 Å². The van der Waals surface area contributed by atoms with Gasteiger partial charge in [0.2, 0.25) is 5.91 Å². The van der Waals surface area contributed by atoms with Gasteiger partial charge in [-0.3, -0.25) is 19.6 Å². The van der Waals surface area contributed by atoms with E-state index in [0.717, 1.165) is 0 Å². The Morgan fingerprint density at radius 1 is 1.45 bits per heavy atom. The second kappa shape index (κ2) is 5.92. The summed E-state index contributed by atoms with van der Waals surface area (Å²) in [6.45, 7) is 1.95. The molecule has 1 atom stereocenters. The Hall–Kier alpha value is -2.15. The van der Waals surface area contributed by atoms with Crippen LogP contribution in [0.25, 0.3) is 11.3 Å². The van der Waals surface area contributed by atoms with E-state index >= 15 is 0 Å². The Morgan fingerprint density at radius 3 is 3.00 bits per heavy atom. The van der Waals surface area contributed by atoms with Crippen molar-refractivity contribution in [3.63, 3.8) is 0 Å². The zero-order chi connectivity index (χ0) is 15.7. The number of nitrogens with zero attached hydrogens (tertiary/aromatic N) is 2. The van der Waals surface area contributed by atoms with Gasteiger partial charge in [-0.15, -0.1) is 0 Å². The highest BCUT2D eigenvalue weighted by Gasteiger charge is 2.33. The number of nitrogens with one attached hydrogen (secondary N) is 1. The molecule has 1 aromatic heterocycles. The highest BCUT2D eigenvalue weighted by Crippen LogP contribution is 2.29. The van der Waals surface area contributed by atoms with E-state index in [2.05, 4.69) is 10.2 Å². The summed E-state index contributed by atoms with van der Waals surface area (Å²) in [6.07, 6.45) is 0.326. The van der Waals surface area contributed by atoms with Crippen molar-refractivity contribution in [2.75, 3.05) is 11.4 Å². The Morgan fingerprint density at radius 2 is 2.27 bits per heavy atom. The maximum absolute atomic E-state index is 13.3. The predicted octanol–water partition coefficient (Wildman–Crippen LogP) is 2.60. The van der Waals surface area contributed by atoms with Crippen LogP contribution in [-0.2, 0) is 9.59 Å². The van der Waals surface area contributed by atoms with Crippen molar-refractivity contribution in [2.24, 2.45) is 0 Å². The first kappa shape index (κ1) is 14.8. The van der Waals surface area contributed by atoms with Crippen LogP contribution >= 0.6 is 11.8 Å². The maximum atomic E-state index is 13.3. The highest BCUT2D eigenvalue weighted by molar-refractivity contribution is 8.14. The molecule has 1 unspecified atom stereocenters. The molecule has 2 heterocycles. The predicted molar refractivity (Wildman–Crippen MR) is 83.0 cm³/mol. The van der Waals surface area contributed by atoms with Gasteiger partial charge in [0, 0.05) is 36.8 Å². The molecule has 1 amide bonds. The fourth-order valence-electron chi connectivity index (χ4n) is 2.46. The van der Waals surface area contributed by atoms with Crippen LogP contribution in [0.1, 0.15) is 13.3 Å². The van der Waals surface area contributed by atoms with Gasteiger partial charge in [0.1, 0.15) is 5.82 Å². The van der Waals surface area contributed by atoms with E-state index in [1.54, 1.807) is 23.1 Å². The summed E-state index contributed by atoms with van der Waals surface area (Å²) in [6, 6.07) is 7.87. The van der Waals surface area contributed by atoms with Crippen molar-refractivity contribution in [3.05, 3.63) is 36.1 Å². The monoisotopic (exact) mass is 319 g/mol. The topological polar surface area (TPSA) is 66.1 Å². The number of thioether (sulfide) groups is 1. The highest BCUT2D eigenvalue weighted by atomic mass is 32.2. The minimum absolute atomic E-state index is 0.00197. The van der Waals surface area contributed by atoms with Gasteiger partial charge in [-0.2, -0.15) is 5.10 Å². The van der Waals surface area contributed by atoms with Crippen LogP contribution in [0.5, 0.6) is 0 Å². The number of carbonyl (C=O) groups excluding carboxylic acids is 2. The number of carbonyl (C=O) groups is 2. The molecule has 7 heteroatoms. The van der Waals surface area contributed by atoms with Crippen molar-refractivity contribution in [1.29, 1.82) is 0 Å². The van der Waals surface area contributed by atoms with Crippen molar-refractivity contribution in [1.82, 2.24) is 10.2 Å². The number of aromatic nitrogens is 2. The summed E-state index contributed by atoms with van der Waals surface area (Å²) in [4.78, 5) is 24.8. The second-order valence-electron chi connectivity index (χ2n) is 5.09. The van der Waals surface area contributed by atoms with Crippen molar-refractivity contribution >= 4 is 28.6 Å². The minimum atomic E-state index is -0.330. The minimum Gasteiger partial charge on any atom is -0.294 e. The molecule has 1 aliphatic heterocycles. The van der Waals surface area contributed by atoms with Crippen LogP contribution in [-0.4, -0.2) is 33.0 Å². The first-order valence-corrected chi connectivity index (χ1v) is 7.70. The first-order valence-electron chi connectivity index (χ1n) is 6.82. The summed E-state index contributed by atoms with van der Waals surface area (Å²) in [5.74, 6) is 0.107. The number of halogens is 1. The quantitative estimate of drug-likeness (QED) is 0.944. The largest absolute Gasteiger partial charge is 0.294 e. The summed E-state index contributed by atoms with van der Waals surface area (Å²) >= 11 is 1.18. The zero-order valence-electron chi connectivity index (χ0n) is 11.9. The molecule has 0 spiro atoms. The molecule has 1 fully saturated rings. The van der Waals surface area contributed by atoms with E-state index in [-0.39, 0.29) is 22.1 Å². The van der Waals surface area contributed by atoms with Crippen LogP contribution in [0.15, 0.2) is 30.3 Å². The van der Waals surface area contributed by atoms with Gasteiger partial charge in [-0.05, 0) is 12.1 Å². The zero-order valence-corrected chi connectivity index (χ0v) is 12.7. The molecule has 114 valence electrons. The van der Waals surface area contributed by atoms with Gasteiger partial charge in [0.25, 0.3) is 0 Å². The van der Waals surface area contributed by atoms with E-state index < -0.39 is 0 Å². The second-order valence-corrected chi connectivity index (χ2v) is 6.57. The molecule has 2 aromatic rings. The third-order valence-electron chi connectivity index (χ3n) is 3.40. The lowest BCUT2D eigenvalue weighted by molar-refractivity contribution is -0.117. The summed E-state index contributed by atoms with van der Waals surface area (Å²) in [7, 11) is 0. The fourth-order valence-corrected chi connectivity index (χ4v) is 3.38. The van der Waals surface area contributed by atoms with Gasteiger partial charge in [0.15, 0.2) is 10.9 Å². The molecule has 1 N–H and O–H groups in total.